The van der Waals surface area contributed by atoms with Gasteiger partial charge in [-0.2, -0.15) is 0 Å². The van der Waals surface area contributed by atoms with Gasteiger partial charge in [0.2, 0.25) is 0 Å². The maximum Gasteiger partial charge on any atom is 0.306 e. The molecule has 3 atom stereocenters. The van der Waals surface area contributed by atoms with E-state index in [9.17, 15) is 9.90 Å². The lowest BCUT2D eigenvalue weighted by Gasteiger charge is -2.12. The smallest absolute Gasteiger partial charge is 0.306 e. The van der Waals surface area contributed by atoms with Crippen molar-refractivity contribution in [2.45, 2.75) is 51.5 Å². The monoisotopic (exact) mass is 405 g/mol. The lowest BCUT2D eigenvalue weighted by atomic mass is 9.95. The molecule has 2 aliphatic rings. The third-order valence-corrected chi connectivity index (χ3v) is 6.01. The Kier molecular flexibility index (Phi) is 7.45. The number of allylic oxidation sites excluding steroid dienone is 4. The van der Waals surface area contributed by atoms with Gasteiger partial charge in [-0.15, -0.1) is 0 Å². The van der Waals surface area contributed by atoms with Gasteiger partial charge in [-0.25, -0.2) is 0 Å². The highest BCUT2D eigenvalue weighted by Gasteiger charge is 2.30. The molecule has 1 saturated carbocycles. The summed E-state index contributed by atoms with van der Waals surface area (Å²) in [6.45, 7) is 8.75. The van der Waals surface area contributed by atoms with E-state index in [1.165, 1.54) is 11.1 Å². The molecule has 1 aliphatic heterocycles. The number of carbonyl (C=O) groups is 1. The van der Waals surface area contributed by atoms with Crippen molar-refractivity contribution in [3.8, 4) is 0 Å². The fraction of sp³-hybridized carbons (Fsp3) is 0.385. The van der Waals surface area contributed by atoms with Crippen molar-refractivity contribution in [3.05, 3.63) is 83.2 Å². The predicted molar refractivity (Wildman–Crippen MR) is 122 cm³/mol. The number of rotatable bonds is 9. The Morgan fingerprint density at radius 1 is 1.27 bits per heavy atom. The molecule has 30 heavy (non-hydrogen) atoms. The Bertz CT molecular complexity index is 889. The molecule has 4 nitrogen and oxygen atoms in total. The number of carboxylic acid groups (broad SMARTS) is 1. The maximum absolute atomic E-state index is 11.2. The van der Waals surface area contributed by atoms with Gasteiger partial charge in [0.05, 0.1) is 18.6 Å². The van der Waals surface area contributed by atoms with Gasteiger partial charge in [0.25, 0.3) is 0 Å². The molecule has 158 valence electrons. The first-order chi connectivity index (χ1) is 14.5. The molecule has 1 aromatic carbocycles. The van der Waals surface area contributed by atoms with Gasteiger partial charge in [0.15, 0.2) is 0 Å². The number of benzene rings is 1. The predicted octanol–water partition coefficient (Wildman–Crippen LogP) is 5.63. The summed E-state index contributed by atoms with van der Waals surface area (Å²) in [5.74, 6) is 0.344. The van der Waals surface area contributed by atoms with E-state index in [0.29, 0.717) is 12.5 Å². The summed E-state index contributed by atoms with van der Waals surface area (Å²) in [5, 5.41) is 9.18. The highest BCUT2D eigenvalue weighted by molar-refractivity contribution is 5.78. The summed E-state index contributed by atoms with van der Waals surface area (Å²) < 4.78 is 5.92. The van der Waals surface area contributed by atoms with Gasteiger partial charge >= 0.3 is 5.97 Å². The number of aliphatic carboxylic acids is 1. The Labute approximate surface area is 179 Å². The molecule has 0 spiro atoms. The van der Waals surface area contributed by atoms with Crippen LogP contribution in [0.5, 0.6) is 0 Å². The van der Waals surface area contributed by atoms with Crippen LogP contribution in [0.4, 0.5) is 0 Å². The minimum absolute atomic E-state index is 0.166. The second kappa shape index (κ2) is 10.2. The zero-order chi connectivity index (χ0) is 21.5. The van der Waals surface area contributed by atoms with Crippen LogP contribution in [0.2, 0.25) is 0 Å². The fourth-order valence-corrected chi connectivity index (χ4v) is 4.11. The normalized spacial score (nSPS) is 23.7. The molecule has 3 unspecified atom stereocenters. The summed E-state index contributed by atoms with van der Waals surface area (Å²) >= 11 is 0. The van der Waals surface area contributed by atoms with E-state index in [2.05, 4.69) is 42.8 Å². The Morgan fingerprint density at radius 3 is 2.63 bits per heavy atom. The van der Waals surface area contributed by atoms with Crippen molar-refractivity contribution in [1.82, 2.24) is 0 Å². The van der Waals surface area contributed by atoms with Crippen LogP contribution in [0.25, 0.3) is 0 Å². The van der Waals surface area contributed by atoms with Crippen LogP contribution >= 0.6 is 0 Å². The number of ether oxygens (including phenoxy) is 1. The van der Waals surface area contributed by atoms with Crippen LogP contribution in [0, 0.1) is 5.92 Å². The van der Waals surface area contributed by atoms with Crippen molar-refractivity contribution >= 4 is 12.2 Å². The average Bonchev–Trinajstić information content (AvgIpc) is 3.40. The van der Waals surface area contributed by atoms with E-state index in [1.807, 2.05) is 37.4 Å². The van der Waals surface area contributed by atoms with Crippen LogP contribution < -0.4 is 0 Å². The molecule has 1 N–H and O–H groups in total. The Balaban J connectivity index is 1.45. The van der Waals surface area contributed by atoms with E-state index in [1.54, 1.807) is 0 Å². The van der Waals surface area contributed by atoms with E-state index in [4.69, 9.17) is 4.74 Å². The van der Waals surface area contributed by atoms with E-state index >= 15 is 0 Å². The van der Waals surface area contributed by atoms with Crippen molar-refractivity contribution in [2.75, 3.05) is 6.61 Å². The fourth-order valence-electron chi connectivity index (χ4n) is 4.11. The van der Waals surface area contributed by atoms with Crippen molar-refractivity contribution in [1.29, 1.82) is 0 Å². The van der Waals surface area contributed by atoms with Gasteiger partial charge < -0.3 is 9.84 Å². The van der Waals surface area contributed by atoms with Gasteiger partial charge in [-0.3, -0.25) is 9.79 Å². The number of carboxylic acids is 1. The molecule has 4 heteroatoms. The highest BCUT2D eigenvalue weighted by atomic mass is 16.5. The maximum atomic E-state index is 11.2. The minimum Gasteiger partial charge on any atom is -0.494 e. The molecule has 1 aromatic rings. The summed E-state index contributed by atoms with van der Waals surface area (Å²) in [6, 6.07) is 8.72. The molecular weight excluding hydrogens is 374 g/mol. The van der Waals surface area contributed by atoms with Crippen molar-refractivity contribution < 1.29 is 14.6 Å². The average molecular weight is 406 g/mol. The van der Waals surface area contributed by atoms with Gasteiger partial charge in [0, 0.05) is 12.6 Å². The minimum atomic E-state index is -0.661. The molecule has 0 amide bonds. The SMILES string of the molecule is C=C(/C=C\C(=C/C)OCCc1ccc(C2CCC(C(=O)O)C2)cc1)C1=CC=NC1C. The topological polar surface area (TPSA) is 58.9 Å². The molecule has 1 heterocycles. The van der Waals surface area contributed by atoms with Crippen LogP contribution in [0.15, 0.2) is 77.0 Å². The number of aliphatic imine (C=N–C) groups is 1. The molecule has 0 saturated heterocycles. The van der Waals surface area contributed by atoms with Crippen LogP contribution in [0.1, 0.15) is 50.2 Å². The Hall–Kier alpha value is -2.88. The van der Waals surface area contributed by atoms with Crippen LogP contribution in [-0.4, -0.2) is 29.9 Å². The first-order valence-electron chi connectivity index (χ1n) is 10.7. The zero-order valence-electron chi connectivity index (χ0n) is 17.9. The number of hydrogen-bond donors (Lipinski definition) is 1. The highest BCUT2D eigenvalue weighted by Crippen LogP contribution is 2.38. The molecular formula is C26H31NO3. The standard InChI is InChI=1S/C26H31NO3/c1-4-24(12-5-18(2)25-13-15-27-19(25)3)30-16-14-20-6-8-21(9-7-20)22-10-11-23(17-22)26(28)29/h4-9,12-13,15,19,22-23H,2,10-11,14,16-17H2,1,3H3,(H,28,29)/b12-5-,24-4+. The van der Waals surface area contributed by atoms with Gasteiger partial charge in [-0.1, -0.05) is 36.9 Å². The molecule has 0 radical (unpaired) electrons. The summed E-state index contributed by atoms with van der Waals surface area (Å²) in [5.41, 5.74) is 4.56. The summed E-state index contributed by atoms with van der Waals surface area (Å²) in [4.78, 5) is 15.5. The lowest BCUT2D eigenvalue weighted by molar-refractivity contribution is -0.141. The zero-order valence-corrected chi connectivity index (χ0v) is 17.9. The third-order valence-electron chi connectivity index (χ3n) is 6.01. The number of hydrogen-bond acceptors (Lipinski definition) is 3. The van der Waals surface area contributed by atoms with Crippen LogP contribution in [0.3, 0.4) is 0 Å². The van der Waals surface area contributed by atoms with Gasteiger partial charge in [-0.05, 0) is 79.5 Å². The molecule has 1 aliphatic carbocycles. The summed E-state index contributed by atoms with van der Waals surface area (Å²) in [6.07, 6.45) is 13.0. The number of nitrogens with zero attached hydrogens (tertiary/aromatic N) is 1. The third kappa shape index (κ3) is 5.59. The first kappa shape index (κ1) is 21.8. The van der Waals surface area contributed by atoms with E-state index in [-0.39, 0.29) is 12.0 Å². The van der Waals surface area contributed by atoms with Crippen LogP contribution in [-0.2, 0) is 16.0 Å². The van der Waals surface area contributed by atoms with E-state index < -0.39 is 5.97 Å². The molecule has 1 fully saturated rings. The van der Waals surface area contributed by atoms with Gasteiger partial charge in [0.1, 0.15) is 5.76 Å². The quantitative estimate of drug-likeness (QED) is 0.428. The van der Waals surface area contributed by atoms with Crippen molar-refractivity contribution in [2.24, 2.45) is 10.9 Å². The lowest BCUT2D eigenvalue weighted by Crippen LogP contribution is -2.09. The second-order valence-corrected chi connectivity index (χ2v) is 8.03. The van der Waals surface area contributed by atoms with Crippen molar-refractivity contribution in [3.63, 3.8) is 0 Å². The van der Waals surface area contributed by atoms with E-state index in [0.717, 1.165) is 42.6 Å². The second-order valence-electron chi connectivity index (χ2n) is 8.03. The Morgan fingerprint density at radius 2 is 2.03 bits per heavy atom. The first-order valence-corrected chi connectivity index (χ1v) is 10.7. The molecule has 0 aromatic heterocycles. The molecule has 0 bridgehead atoms. The largest absolute Gasteiger partial charge is 0.494 e. The molecule has 3 rings (SSSR count). The summed E-state index contributed by atoms with van der Waals surface area (Å²) in [7, 11) is 0.